The molecule has 0 unspecified atom stereocenters. The molecule has 1 N–H and O–H groups in total. The van der Waals surface area contributed by atoms with Gasteiger partial charge in [0, 0.05) is 0 Å². The summed E-state index contributed by atoms with van der Waals surface area (Å²) >= 11 is 0. The molecule has 0 aromatic heterocycles. The first-order valence-corrected chi connectivity index (χ1v) is 6.27. The molecule has 0 atom stereocenters. The molecule has 0 spiro atoms. The number of nitrogens with one attached hydrogen (secondary N) is 1. The zero-order valence-electron chi connectivity index (χ0n) is 8.86. The lowest BCUT2D eigenvalue weighted by Crippen LogP contribution is -2.23. The van der Waals surface area contributed by atoms with Crippen molar-refractivity contribution in [1.29, 1.82) is 0 Å². The molecule has 0 heterocycles. The summed E-state index contributed by atoms with van der Waals surface area (Å²) in [5.74, 6) is 0.880. The molecule has 84 valence electrons. The zero-order valence-corrected chi connectivity index (χ0v) is 9.67. The van der Waals surface area contributed by atoms with Crippen LogP contribution in [0.2, 0.25) is 0 Å². The van der Waals surface area contributed by atoms with E-state index in [-0.39, 0.29) is 5.75 Å². The van der Waals surface area contributed by atoms with E-state index in [9.17, 15) is 8.42 Å². The normalized spacial score (nSPS) is 11.3. The molecule has 0 aliphatic rings. The summed E-state index contributed by atoms with van der Waals surface area (Å²) in [6, 6.07) is 7.37. The molecule has 0 amide bonds. The van der Waals surface area contributed by atoms with Gasteiger partial charge in [-0.15, -0.1) is 0 Å². The zero-order chi connectivity index (χ0) is 11.3. The van der Waals surface area contributed by atoms with E-state index in [0.29, 0.717) is 6.42 Å². The first-order valence-electron chi connectivity index (χ1n) is 4.61. The van der Waals surface area contributed by atoms with E-state index in [1.165, 1.54) is 7.05 Å². The highest BCUT2D eigenvalue weighted by Crippen LogP contribution is 2.11. The summed E-state index contributed by atoms with van der Waals surface area (Å²) in [4.78, 5) is 0. The summed E-state index contributed by atoms with van der Waals surface area (Å²) in [6.45, 7) is 0. The highest BCUT2D eigenvalue weighted by Gasteiger charge is 2.06. The van der Waals surface area contributed by atoms with Crippen molar-refractivity contribution in [3.8, 4) is 5.75 Å². The second kappa shape index (κ2) is 5.14. The van der Waals surface area contributed by atoms with Crippen LogP contribution in [0.3, 0.4) is 0 Å². The molecule has 0 saturated carbocycles. The maximum atomic E-state index is 11.2. The van der Waals surface area contributed by atoms with Crippen molar-refractivity contribution in [3.05, 3.63) is 29.8 Å². The molecule has 0 aliphatic carbocycles. The molecule has 0 saturated heterocycles. The minimum absolute atomic E-state index is 0.107. The van der Waals surface area contributed by atoms with Crippen LogP contribution >= 0.6 is 0 Å². The summed E-state index contributed by atoms with van der Waals surface area (Å²) in [5, 5.41) is 0. The Kier molecular flexibility index (Phi) is 4.11. The first-order chi connectivity index (χ1) is 7.07. The Hall–Kier alpha value is -1.07. The molecule has 0 bridgehead atoms. The van der Waals surface area contributed by atoms with Gasteiger partial charge in [-0.1, -0.05) is 12.1 Å². The van der Waals surface area contributed by atoms with Gasteiger partial charge in [0.1, 0.15) is 5.75 Å². The van der Waals surface area contributed by atoms with E-state index >= 15 is 0 Å². The van der Waals surface area contributed by atoms with Gasteiger partial charge in [0.05, 0.1) is 12.9 Å². The van der Waals surface area contributed by atoms with Crippen molar-refractivity contribution in [3.63, 3.8) is 0 Å². The van der Waals surface area contributed by atoms with Gasteiger partial charge in [-0.2, -0.15) is 0 Å². The van der Waals surface area contributed by atoms with Gasteiger partial charge < -0.3 is 4.74 Å². The van der Waals surface area contributed by atoms with Gasteiger partial charge in [0.2, 0.25) is 10.0 Å². The van der Waals surface area contributed by atoms with E-state index in [2.05, 4.69) is 4.72 Å². The summed E-state index contributed by atoms with van der Waals surface area (Å²) in [6.07, 6.45) is 0.507. The van der Waals surface area contributed by atoms with Crippen molar-refractivity contribution in [2.75, 3.05) is 19.9 Å². The van der Waals surface area contributed by atoms with E-state index in [1.807, 2.05) is 24.3 Å². The Labute approximate surface area is 90.3 Å². The minimum atomic E-state index is -3.11. The molecule has 0 aliphatic heterocycles. The number of sulfonamides is 1. The van der Waals surface area contributed by atoms with Gasteiger partial charge in [-0.05, 0) is 31.2 Å². The summed E-state index contributed by atoms with van der Waals surface area (Å²) in [5.41, 5.74) is 0.981. The van der Waals surface area contributed by atoms with Crippen molar-refractivity contribution in [2.24, 2.45) is 0 Å². The van der Waals surface area contributed by atoms with Crippen LogP contribution in [0.1, 0.15) is 5.56 Å². The quantitative estimate of drug-likeness (QED) is 0.812. The van der Waals surface area contributed by atoms with Crippen LogP contribution in [-0.2, 0) is 16.4 Å². The Morgan fingerprint density at radius 2 is 1.87 bits per heavy atom. The monoisotopic (exact) mass is 229 g/mol. The number of methoxy groups -OCH3 is 1. The molecule has 1 aromatic carbocycles. The van der Waals surface area contributed by atoms with Gasteiger partial charge in [-0.25, -0.2) is 13.1 Å². The Morgan fingerprint density at radius 3 is 2.33 bits per heavy atom. The van der Waals surface area contributed by atoms with Crippen LogP contribution in [0.15, 0.2) is 24.3 Å². The van der Waals surface area contributed by atoms with Crippen molar-refractivity contribution >= 4 is 10.0 Å². The predicted molar refractivity (Wildman–Crippen MR) is 59.5 cm³/mol. The number of ether oxygens (including phenoxy) is 1. The number of rotatable bonds is 5. The molecule has 4 nitrogen and oxygen atoms in total. The van der Waals surface area contributed by atoms with Crippen molar-refractivity contribution in [2.45, 2.75) is 6.42 Å². The van der Waals surface area contributed by atoms with E-state index in [4.69, 9.17) is 4.74 Å². The van der Waals surface area contributed by atoms with Crippen LogP contribution in [0, 0.1) is 0 Å². The lowest BCUT2D eigenvalue weighted by Gasteiger charge is -2.04. The molecule has 1 aromatic rings. The van der Waals surface area contributed by atoms with Crippen LogP contribution in [0.25, 0.3) is 0 Å². The van der Waals surface area contributed by atoms with Crippen molar-refractivity contribution in [1.82, 2.24) is 4.72 Å². The fourth-order valence-electron chi connectivity index (χ4n) is 1.15. The van der Waals surface area contributed by atoms with Gasteiger partial charge in [0.15, 0.2) is 0 Å². The van der Waals surface area contributed by atoms with E-state index < -0.39 is 10.0 Å². The predicted octanol–water partition coefficient (Wildman–Crippen LogP) is 0.787. The van der Waals surface area contributed by atoms with Gasteiger partial charge in [0.25, 0.3) is 0 Å². The molecule has 1 rings (SSSR count). The number of hydrogen-bond acceptors (Lipinski definition) is 3. The van der Waals surface area contributed by atoms with Crippen LogP contribution in [0.4, 0.5) is 0 Å². The molecule has 0 radical (unpaired) electrons. The molecular weight excluding hydrogens is 214 g/mol. The lowest BCUT2D eigenvalue weighted by molar-refractivity contribution is 0.414. The smallest absolute Gasteiger partial charge is 0.211 e. The van der Waals surface area contributed by atoms with Crippen LogP contribution < -0.4 is 9.46 Å². The highest BCUT2D eigenvalue weighted by atomic mass is 32.2. The first kappa shape index (κ1) is 12.0. The molecular formula is C10H15NO3S. The van der Waals surface area contributed by atoms with Crippen molar-refractivity contribution < 1.29 is 13.2 Å². The van der Waals surface area contributed by atoms with Gasteiger partial charge >= 0.3 is 0 Å². The number of benzene rings is 1. The summed E-state index contributed by atoms with van der Waals surface area (Å²) < 4.78 is 29.6. The maximum absolute atomic E-state index is 11.2. The van der Waals surface area contributed by atoms with E-state index in [0.717, 1.165) is 11.3 Å². The molecule has 0 fully saturated rings. The largest absolute Gasteiger partial charge is 0.497 e. The SMILES string of the molecule is CNS(=O)(=O)CCc1ccc(OC)cc1. The Bertz CT molecular complexity index is 397. The highest BCUT2D eigenvalue weighted by molar-refractivity contribution is 7.89. The fourth-order valence-corrected chi connectivity index (χ4v) is 1.86. The number of aryl methyl sites for hydroxylation is 1. The second-order valence-electron chi connectivity index (χ2n) is 3.12. The number of hydrogen-bond donors (Lipinski definition) is 1. The van der Waals surface area contributed by atoms with Crippen LogP contribution in [0.5, 0.6) is 5.75 Å². The maximum Gasteiger partial charge on any atom is 0.211 e. The van der Waals surface area contributed by atoms with E-state index in [1.54, 1.807) is 7.11 Å². The Balaban J connectivity index is 2.59. The molecule has 5 heteroatoms. The van der Waals surface area contributed by atoms with Gasteiger partial charge in [-0.3, -0.25) is 0 Å². The second-order valence-corrected chi connectivity index (χ2v) is 5.17. The molecule has 15 heavy (non-hydrogen) atoms. The Morgan fingerprint density at radius 1 is 1.27 bits per heavy atom. The topological polar surface area (TPSA) is 55.4 Å². The standard InChI is InChI=1S/C10H15NO3S/c1-11-15(12,13)8-7-9-3-5-10(14-2)6-4-9/h3-6,11H,7-8H2,1-2H3. The third-order valence-corrected chi connectivity index (χ3v) is 3.49. The lowest BCUT2D eigenvalue weighted by atomic mass is 10.2. The minimum Gasteiger partial charge on any atom is -0.497 e. The third-order valence-electron chi connectivity index (χ3n) is 2.13. The average Bonchev–Trinajstić information content (AvgIpc) is 2.27. The summed E-state index contributed by atoms with van der Waals surface area (Å²) in [7, 11) is -0.0969. The fraction of sp³-hybridized carbons (Fsp3) is 0.400. The van der Waals surface area contributed by atoms with Crippen LogP contribution in [-0.4, -0.2) is 28.3 Å². The average molecular weight is 229 g/mol. The third kappa shape index (κ3) is 3.89.